The molecule has 1 aromatic carbocycles. The summed E-state index contributed by atoms with van der Waals surface area (Å²) >= 11 is 0. The third-order valence-corrected chi connectivity index (χ3v) is 3.82. The molecule has 24 heavy (non-hydrogen) atoms. The average Bonchev–Trinajstić information content (AvgIpc) is 3.00. The van der Waals surface area contributed by atoms with Crippen LogP contribution in [0.2, 0.25) is 0 Å². The van der Waals surface area contributed by atoms with E-state index < -0.39 is 6.04 Å². The summed E-state index contributed by atoms with van der Waals surface area (Å²) in [5.74, 6) is 0.770. The molecular weight excluding hydrogens is 304 g/mol. The normalized spacial score (nSPS) is 13.3. The fourth-order valence-corrected chi connectivity index (χ4v) is 2.49. The predicted octanol–water partition coefficient (Wildman–Crippen LogP) is 2.35. The number of aromatic nitrogens is 2. The molecule has 0 aliphatic rings. The Morgan fingerprint density at radius 1 is 1.29 bits per heavy atom. The lowest BCUT2D eigenvalue weighted by Gasteiger charge is -2.19. The highest BCUT2D eigenvalue weighted by Gasteiger charge is 2.21. The molecule has 0 aliphatic heterocycles. The van der Waals surface area contributed by atoms with E-state index in [9.17, 15) is 4.79 Å². The highest BCUT2D eigenvalue weighted by molar-refractivity contribution is 5.83. The molecule has 2 atom stereocenters. The second-order valence-corrected chi connectivity index (χ2v) is 5.82. The number of amides is 1. The Bertz CT molecular complexity index is 651. The monoisotopic (exact) mass is 330 g/mol. The Kier molecular flexibility index (Phi) is 6.37. The second-order valence-electron chi connectivity index (χ2n) is 5.82. The van der Waals surface area contributed by atoms with Gasteiger partial charge in [-0.25, -0.2) is 0 Å². The summed E-state index contributed by atoms with van der Waals surface area (Å²) in [5, 5.41) is 10.2. The van der Waals surface area contributed by atoms with Crippen molar-refractivity contribution < 1.29 is 9.53 Å². The Morgan fingerprint density at radius 2 is 2.00 bits per heavy atom. The van der Waals surface area contributed by atoms with E-state index in [1.807, 2.05) is 44.4 Å². The summed E-state index contributed by atoms with van der Waals surface area (Å²) in [5.41, 5.74) is 1.88. The number of benzene rings is 1. The maximum atomic E-state index is 12.5. The highest BCUT2D eigenvalue weighted by Crippen LogP contribution is 2.19. The zero-order chi connectivity index (χ0) is 17.5. The van der Waals surface area contributed by atoms with Crippen LogP contribution in [-0.4, -0.2) is 29.3 Å². The number of nitrogens with zero attached hydrogens (tertiary/aromatic N) is 2. The van der Waals surface area contributed by atoms with Crippen LogP contribution >= 0.6 is 0 Å². The molecule has 130 valence electrons. The van der Waals surface area contributed by atoms with Gasteiger partial charge in [-0.3, -0.25) is 9.48 Å². The van der Waals surface area contributed by atoms with E-state index in [-0.39, 0.29) is 11.9 Å². The molecule has 1 aromatic heterocycles. The van der Waals surface area contributed by atoms with Gasteiger partial charge < -0.3 is 15.4 Å². The molecule has 2 aromatic rings. The molecule has 0 radical (unpaired) electrons. The van der Waals surface area contributed by atoms with Gasteiger partial charge in [-0.15, -0.1) is 0 Å². The van der Waals surface area contributed by atoms with Crippen molar-refractivity contribution in [3.8, 4) is 5.75 Å². The van der Waals surface area contributed by atoms with Gasteiger partial charge in [-0.2, -0.15) is 5.10 Å². The number of hydrogen-bond donors (Lipinski definition) is 2. The molecule has 6 nitrogen and oxygen atoms in total. The van der Waals surface area contributed by atoms with Crippen LogP contribution in [-0.2, 0) is 11.8 Å². The van der Waals surface area contributed by atoms with Gasteiger partial charge in [0.2, 0.25) is 5.91 Å². The molecule has 0 saturated carbocycles. The molecule has 0 spiro atoms. The summed E-state index contributed by atoms with van der Waals surface area (Å²) in [7, 11) is 3.60. The van der Waals surface area contributed by atoms with Crippen molar-refractivity contribution in [2.75, 3.05) is 13.7 Å². The van der Waals surface area contributed by atoms with Crippen molar-refractivity contribution in [1.29, 1.82) is 0 Å². The van der Waals surface area contributed by atoms with E-state index in [0.29, 0.717) is 6.61 Å². The SMILES string of the molecule is CCCOc1ccc(C(C)NC(=O)C(NC)c2cnn(C)c2)cc1. The smallest absolute Gasteiger partial charge is 0.242 e. The largest absolute Gasteiger partial charge is 0.494 e. The number of rotatable bonds is 8. The van der Waals surface area contributed by atoms with E-state index in [1.54, 1.807) is 17.9 Å². The quantitative estimate of drug-likeness (QED) is 0.779. The van der Waals surface area contributed by atoms with Gasteiger partial charge in [0.05, 0.1) is 18.8 Å². The molecule has 1 heterocycles. The van der Waals surface area contributed by atoms with Crippen molar-refractivity contribution in [1.82, 2.24) is 20.4 Å². The van der Waals surface area contributed by atoms with Crippen LogP contribution in [0.1, 0.15) is 43.5 Å². The Labute approximate surface area is 143 Å². The lowest BCUT2D eigenvalue weighted by Crippen LogP contribution is -2.37. The first-order valence-electron chi connectivity index (χ1n) is 8.24. The average molecular weight is 330 g/mol. The maximum Gasteiger partial charge on any atom is 0.242 e. The van der Waals surface area contributed by atoms with Crippen LogP contribution in [0.15, 0.2) is 36.7 Å². The highest BCUT2D eigenvalue weighted by atomic mass is 16.5. The standard InChI is InChI=1S/C18H26N4O2/c1-5-10-24-16-8-6-14(7-9-16)13(2)21-18(23)17(19-3)15-11-20-22(4)12-15/h6-9,11-13,17,19H,5,10H2,1-4H3,(H,21,23). The number of carbonyl (C=O) groups is 1. The van der Waals surface area contributed by atoms with E-state index in [4.69, 9.17) is 4.74 Å². The summed E-state index contributed by atoms with van der Waals surface area (Å²) < 4.78 is 7.27. The lowest BCUT2D eigenvalue weighted by molar-refractivity contribution is -0.123. The fourth-order valence-electron chi connectivity index (χ4n) is 2.49. The zero-order valence-corrected chi connectivity index (χ0v) is 14.7. The number of carbonyl (C=O) groups excluding carboxylic acids is 1. The number of ether oxygens (including phenoxy) is 1. The molecule has 0 aliphatic carbocycles. The maximum absolute atomic E-state index is 12.5. The topological polar surface area (TPSA) is 68.2 Å². The van der Waals surface area contributed by atoms with Gasteiger partial charge in [0, 0.05) is 18.8 Å². The third-order valence-electron chi connectivity index (χ3n) is 3.82. The van der Waals surface area contributed by atoms with Crippen molar-refractivity contribution in [2.24, 2.45) is 7.05 Å². The van der Waals surface area contributed by atoms with E-state index in [0.717, 1.165) is 23.3 Å². The molecule has 2 unspecified atom stereocenters. The predicted molar refractivity (Wildman–Crippen MR) is 93.8 cm³/mol. The molecular formula is C18H26N4O2. The van der Waals surface area contributed by atoms with Gasteiger partial charge in [-0.05, 0) is 38.1 Å². The first kappa shape index (κ1) is 18.0. The van der Waals surface area contributed by atoms with Crippen molar-refractivity contribution in [3.63, 3.8) is 0 Å². The van der Waals surface area contributed by atoms with Crippen molar-refractivity contribution in [2.45, 2.75) is 32.4 Å². The van der Waals surface area contributed by atoms with Crippen LogP contribution in [0.4, 0.5) is 0 Å². The molecule has 2 rings (SSSR count). The molecule has 0 fully saturated rings. The minimum absolute atomic E-state index is 0.0793. The summed E-state index contributed by atoms with van der Waals surface area (Å²) in [6, 6.07) is 7.32. The van der Waals surface area contributed by atoms with Gasteiger partial charge in [0.15, 0.2) is 0 Å². The summed E-state index contributed by atoms with van der Waals surface area (Å²) in [4.78, 5) is 12.5. The zero-order valence-electron chi connectivity index (χ0n) is 14.7. The molecule has 2 N–H and O–H groups in total. The van der Waals surface area contributed by atoms with Gasteiger partial charge in [-0.1, -0.05) is 19.1 Å². The summed E-state index contributed by atoms with van der Waals surface area (Å²) in [6.45, 7) is 4.75. The second kappa shape index (κ2) is 8.49. The molecule has 0 bridgehead atoms. The van der Waals surface area contributed by atoms with Crippen LogP contribution in [0.3, 0.4) is 0 Å². The van der Waals surface area contributed by atoms with E-state index in [2.05, 4.69) is 22.7 Å². The first-order valence-corrected chi connectivity index (χ1v) is 8.24. The van der Waals surface area contributed by atoms with Gasteiger partial charge in [0.25, 0.3) is 0 Å². The third kappa shape index (κ3) is 4.58. The molecule has 6 heteroatoms. The fraction of sp³-hybridized carbons (Fsp3) is 0.444. The molecule has 0 saturated heterocycles. The number of nitrogens with one attached hydrogen (secondary N) is 2. The Morgan fingerprint density at radius 3 is 2.54 bits per heavy atom. The minimum Gasteiger partial charge on any atom is -0.494 e. The van der Waals surface area contributed by atoms with Crippen LogP contribution in [0.5, 0.6) is 5.75 Å². The first-order chi connectivity index (χ1) is 11.5. The Hall–Kier alpha value is -2.34. The van der Waals surface area contributed by atoms with Crippen molar-refractivity contribution >= 4 is 5.91 Å². The van der Waals surface area contributed by atoms with Crippen LogP contribution in [0, 0.1) is 0 Å². The van der Waals surface area contributed by atoms with Crippen molar-refractivity contribution in [3.05, 3.63) is 47.8 Å². The number of aryl methyl sites for hydroxylation is 1. The minimum atomic E-state index is -0.423. The summed E-state index contributed by atoms with van der Waals surface area (Å²) in [6.07, 6.45) is 4.52. The molecule has 1 amide bonds. The number of likely N-dealkylation sites (N-methyl/N-ethyl adjacent to an activating group) is 1. The van der Waals surface area contributed by atoms with E-state index in [1.165, 1.54) is 0 Å². The van der Waals surface area contributed by atoms with Gasteiger partial charge >= 0.3 is 0 Å². The van der Waals surface area contributed by atoms with Crippen LogP contribution < -0.4 is 15.4 Å². The number of hydrogen-bond acceptors (Lipinski definition) is 4. The van der Waals surface area contributed by atoms with Crippen LogP contribution in [0.25, 0.3) is 0 Å². The van der Waals surface area contributed by atoms with E-state index >= 15 is 0 Å². The Balaban J connectivity index is 1.99. The lowest BCUT2D eigenvalue weighted by atomic mass is 10.1. The van der Waals surface area contributed by atoms with Gasteiger partial charge in [0.1, 0.15) is 11.8 Å².